The van der Waals surface area contributed by atoms with Gasteiger partial charge in [0.1, 0.15) is 17.2 Å². The van der Waals surface area contributed by atoms with E-state index in [2.05, 4.69) is 15.2 Å². The number of allylic oxidation sites excluding steroid dienone is 2. The Kier molecular flexibility index (Phi) is 4.30. The van der Waals surface area contributed by atoms with Crippen molar-refractivity contribution >= 4 is 10.8 Å². The molecule has 0 saturated heterocycles. The van der Waals surface area contributed by atoms with Crippen LogP contribution < -0.4 is 10.3 Å². The Morgan fingerprint density at radius 1 is 1.11 bits per heavy atom. The highest BCUT2D eigenvalue weighted by atomic mass is 16.5. The van der Waals surface area contributed by atoms with Crippen LogP contribution in [0.5, 0.6) is 11.5 Å². The van der Waals surface area contributed by atoms with Crippen molar-refractivity contribution in [3.05, 3.63) is 77.6 Å². The standard InChI is InChI=1S/C17H10N4O2.C4H8/c22-17-11-2-1-3-14-15(11)16(19-20-17)12-8-10(4-5-13(12)23-14)21-7-6-18-9-21;1-3-4-2/h1-9H,(H,20,22);3-4H,1-2H3/b;4-3-. The molecule has 2 aromatic carbocycles. The van der Waals surface area contributed by atoms with E-state index in [9.17, 15) is 4.79 Å². The molecule has 5 rings (SSSR count). The molecular formula is C21H18N4O2. The van der Waals surface area contributed by atoms with Crippen LogP contribution in [-0.4, -0.2) is 19.7 Å². The van der Waals surface area contributed by atoms with E-state index < -0.39 is 0 Å². The molecule has 0 fully saturated rings. The summed E-state index contributed by atoms with van der Waals surface area (Å²) in [7, 11) is 0. The minimum atomic E-state index is -0.219. The first kappa shape index (κ1) is 16.8. The van der Waals surface area contributed by atoms with Crippen molar-refractivity contribution in [3.63, 3.8) is 0 Å². The van der Waals surface area contributed by atoms with Gasteiger partial charge in [0.15, 0.2) is 0 Å². The number of benzene rings is 2. The summed E-state index contributed by atoms with van der Waals surface area (Å²) in [5.41, 5.74) is 2.29. The first-order chi connectivity index (χ1) is 13.2. The van der Waals surface area contributed by atoms with Crippen LogP contribution >= 0.6 is 0 Å². The van der Waals surface area contributed by atoms with Gasteiger partial charge in [0.2, 0.25) is 0 Å². The fourth-order valence-electron chi connectivity index (χ4n) is 2.95. The maximum atomic E-state index is 12.0. The number of H-pyrrole nitrogens is 1. The molecule has 0 aliphatic carbocycles. The third-order valence-electron chi connectivity index (χ3n) is 4.35. The Labute approximate surface area is 155 Å². The third-order valence-corrected chi connectivity index (χ3v) is 4.35. The second-order valence-electron chi connectivity index (χ2n) is 6.00. The highest BCUT2D eigenvalue weighted by Crippen LogP contribution is 2.44. The predicted molar refractivity (Wildman–Crippen MR) is 105 cm³/mol. The summed E-state index contributed by atoms with van der Waals surface area (Å²) in [4.78, 5) is 16.1. The Morgan fingerprint density at radius 2 is 1.96 bits per heavy atom. The number of hydrogen-bond donors (Lipinski definition) is 1. The monoisotopic (exact) mass is 358 g/mol. The van der Waals surface area contributed by atoms with E-state index >= 15 is 0 Å². The molecule has 6 heteroatoms. The van der Waals surface area contributed by atoms with E-state index in [-0.39, 0.29) is 5.56 Å². The number of hydrogen-bond acceptors (Lipinski definition) is 4. The summed E-state index contributed by atoms with van der Waals surface area (Å²) in [5.74, 6) is 1.37. The number of nitrogens with one attached hydrogen (secondary N) is 1. The van der Waals surface area contributed by atoms with E-state index in [0.717, 1.165) is 22.3 Å². The first-order valence-corrected chi connectivity index (χ1v) is 8.62. The summed E-state index contributed by atoms with van der Waals surface area (Å²) < 4.78 is 7.87. The number of rotatable bonds is 1. The molecule has 0 radical (unpaired) electrons. The Morgan fingerprint density at radius 3 is 2.70 bits per heavy atom. The number of imidazole rings is 1. The van der Waals surface area contributed by atoms with Gasteiger partial charge in [0, 0.05) is 23.6 Å². The van der Waals surface area contributed by atoms with Crippen molar-refractivity contribution in [2.75, 3.05) is 0 Å². The van der Waals surface area contributed by atoms with Crippen molar-refractivity contribution in [1.29, 1.82) is 0 Å². The molecule has 0 bridgehead atoms. The smallest absolute Gasteiger partial charge is 0.272 e. The number of aromatic nitrogens is 4. The van der Waals surface area contributed by atoms with Gasteiger partial charge < -0.3 is 9.30 Å². The van der Waals surface area contributed by atoms with Gasteiger partial charge in [-0.15, -0.1) is 0 Å². The van der Waals surface area contributed by atoms with Crippen molar-refractivity contribution < 1.29 is 4.74 Å². The molecule has 1 N–H and O–H groups in total. The third kappa shape index (κ3) is 2.91. The molecule has 27 heavy (non-hydrogen) atoms. The van der Waals surface area contributed by atoms with Gasteiger partial charge in [-0.1, -0.05) is 18.2 Å². The van der Waals surface area contributed by atoms with Gasteiger partial charge in [-0.2, -0.15) is 5.10 Å². The van der Waals surface area contributed by atoms with Crippen molar-refractivity contribution in [3.8, 4) is 28.4 Å². The van der Waals surface area contributed by atoms with Gasteiger partial charge in [-0.25, -0.2) is 10.1 Å². The van der Waals surface area contributed by atoms with Crippen LogP contribution in [0, 0.1) is 0 Å². The van der Waals surface area contributed by atoms with Crippen LogP contribution in [0.3, 0.4) is 0 Å². The van der Waals surface area contributed by atoms with Crippen molar-refractivity contribution in [2.45, 2.75) is 13.8 Å². The van der Waals surface area contributed by atoms with Gasteiger partial charge >= 0.3 is 0 Å². The Bertz CT molecular complexity index is 1190. The summed E-state index contributed by atoms with van der Waals surface area (Å²) in [6, 6.07) is 11.3. The van der Waals surface area contributed by atoms with Crippen LogP contribution in [0.1, 0.15) is 13.8 Å². The van der Waals surface area contributed by atoms with Crippen LogP contribution in [0.4, 0.5) is 0 Å². The molecule has 0 unspecified atom stereocenters. The maximum Gasteiger partial charge on any atom is 0.272 e. The highest BCUT2D eigenvalue weighted by Gasteiger charge is 2.23. The summed E-state index contributed by atoms with van der Waals surface area (Å²) in [5, 5.41) is 8.15. The molecule has 0 atom stereocenters. The Hall–Kier alpha value is -3.67. The molecule has 1 aliphatic heterocycles. The molecule has 1 aliphatic rings. The second kappa shape index (κ2) is 6.92. The van der Waals surface area contributed by atoms with Crippen LogP contribution in [-0.2, 0) is 0 Å². The average Bonchev–Trinajstić information content (AvgIpc) is 3.25. The van der Waals surface area contributed by atoms with Gasteiger partial charge in [0.25, 0.3) is 5.56 Å². The largest absolute Gasteiger partial charge is 0.456 e. The van der Waals surface area contributed by atoms with Crippen molar-refractivity contribution in [1.82, 2.24) is 19.7 Å². The zero-order chi connectivity index (χ0) is 18.8. The van der Waals surface area contributed by atoms with Crippen molar-refractivity contribution in [2.24, 2.45) is 0 Å². The fraction of sp³-hybridized carbons (Fsp3) is 0.0952. The zero-order valence-electron chi connectivity index (χ0n) is 15.0. The molecule has 4 aromatic rings. The first-order valence-electron chi connectivity index (χ1n) is 8.62. The maximum absolute atomic E-state index is 12.0. The topological polar surface area (TPSA) is 72.8 Å². The zero-order valence-corrected chi connectivity index (χ0v) is 15.0. The average molecular weight is 358 g/mol. The van der Waals surface area contributed by atoms with E-state index in [1.54, 1.807) is 18.6 Å². The molecule has 0 spiro atoms. The molecule has 134 valence electrons. The minimum Gasteiger partial charge on any atom is -0.456 e. The summed E-state index contributed by atoms with van der Waals surface area (Å²) in [6.45, 7) is 4.00. The lowest BCUT2D eigenvalue weighted by atomic mass is 10.0. The number of aromatic amines is 1. The van der Waals surface area contributed by atoms with Crippen LogP contribution in [0.15, 0.2) is 72.1 Å². The lowest BCUT2D eigenvalue weighted by molar-refractivity contribution is 0.486. The van der Waals surface area contributed by atoms with E-state index in [1.165, 1.54) is 0 Å². The van der Waals surface area contributed by atoms with E-state index in [0.29, 0.717) is 16.9 Å². The molecule has 0 amide bonds. The molecule has 2 aromatic heterocycles. The molecule has 6 nitrogen and oxygen atoms in total. The SMILES string of the molecule is C/C=C\C.O=c1[nH]nc2c3c(cccc13)Oc1ccc(-n3ccnc3)cc1-2. The quantitative estimate of drug-likeness (QED) is 0.449. The number of ether oxygens (including phenoxy) is 1. The van der Waals surface area contributed by atoms with E-state index in [1.807, 2.05) is 67.1 Å². The lowest BCUT2D eigenvalue weighted by Crippen LogP contribution is -2.12. The summed E-state index contributed by atoms with van der Waals surface area (Å²) in [6.07, 6.45) is 9.33. The van der Waals surface area contributed by atoms with Crippen LogP contribution in [0.2, 0.25) is 0 Å². The van der Waals surface area contributed by atoms with Gasteiger partial charge in [-0.05, 0) is 44.2 Å². The van der Waals surface area contributed by atoms with Gasteiger partial charge in [-0.3, -0.25) is 4.79 Å². The molecule has 3 heterocycles. The minimum absolute atomic E-state index is 0.219. The van der Waals surface area contributed by atoms with Crippen LogP contribution in [0.25, 0.3) is 27.7 Å². The molecule has 0 saturated carbocycles. The second-order valence-corrected chi connectivity index (χ2v) is 6.00. The van der Waals surface area contributed by atoms with Gasteiger partial charge in [0.05, 0.1) is 17.1 Å². The normalized spacial score (nSPS) is 11.6. The molecular weight excluding hydrogens is 340 g/mol. The lowest BCUT2D eigenvalue weighted by Gasteiger charge is -2.20. The Balaban J connectivity index is 0.000000413. The fourth-order valence-corrected chi connectivity index (χ4v) is 2.95. The number of fused-ring (bicyclic) bond motifs is 2. The predicted octanol–water partition coefficient (Wildman–Crippen LogP) is 4.46. The summed E-state index contributed by atoms with van der Waals surface area (Å²) >= 11 is 0. The van der Waals surface area contributed by atoms with E-state index in [4.69, 9.17) is 4.74 Å². The highest BCUT2D eigenvalue weighted by molar-refractivity contribution is 6.01. The number of nitrogens with zero attached hydrogens (tertiary/aromatic N) is 3.